The normalized spacial score (nSPS) is 14.9. The van der Waals surface area contributed by atoms with E-state index < -0.39 is 0 Å². The second-order valence-electron chi connectivity index (χ2n) is 7.18. The van der Waals surface area contributed by atoms with Crippen LogP contribution in [-0.2, 0) is 0 Å². The van der Waals surface area contributed by atoms with Crippen molar-refractivity contribution in [2.24, 2.45) is 0 Å². The van der Waals surface area contributed by atoms with E-state index in [1.807, 2.05) is 49.4 Å². The molecule has 1 fully saturated rings. The lowest BCUT2D eigenvalue weighted by atomic mass is 10.2. The summed E-state index contributed by atoms with van der Waals surface area (Å²) < 4.78 is 1.78. The molecule has 28 heavy (non-hydrogen) atoms. The van der Waals surface area contributed by atoms with E-state index in [-0.39, 0.29) is 5.91 Å². The fraction of sp³-hybridized carbons (Fsp3) is 0.273. The number of likely N-dealkylation sites (N-methyl/N-ethyl adjacent to an activating group) is 1. The Morgan fingerprint density at radius 2 is 1.61 bits per heavy atom. The number of para-hydroxylation sites is 1. The van der Waals surface area contributed by atoms with Crippen molar-refractivity contribution in [3.05, 3.63) is 72.1 Å². The van der Waals surface area contributed by atoms with Gasteiger partial charge in [-0.2, -0.15) is 5.10 Å². The van der Waals surface area contributed by atoms with Crippen LogP contribution in [0.5, 0.6) is 0 Å². The molecule has 3 aromatic rings. The molecule has 0 aliphatic carbocycles. The van der Waals surface area contributed by atoms with Crippen LogP contribution in [0.2, 0.25) is 0 Å². The van der Waals surface area contributed by atoms with Crippen LogP contribution in [-0.4, -0.2) is 53.8 Å². The van der Waals surface area contributed by atoms with Gasteiger partial charge in [0.15, 0.2) is 0 Å². The summed E-state index contributed by atoms with van der Waals surface area (Å²) in [6.45, 7) is 6.11. The highest BCUT2D eigenvalue weighted by molar-refractivity contribution is 6.05. The van der Waals surface area contributed by atoms with Gasteiger partial charge < -0.3 is 15.1 Å². The zero-order chi connectivity index (χ0) is 19.5. The molecule has 2 aromatic carbocycles. The van der Waals surface area contributed by atoms with Gasteiger partial charge in [0, 0.05) is 37.6 Å². The van der Waals surface area contributed by atoms with E-state index in [9.17, 15) is 4.79 Å². The van der Waals surface area contributed by atoms with Crippen LogP contribution in [0.25, 0.3) is 5.69 Å². The average molecular weight is 375 g/mol. The van der Waals surface area contributed by atoms with Crippen LogP contribution in [0.4, 0.5) is 11.4 Å². The summed E-state index contributed by atoms with van der Waals surface area (Å²) in [7, 11) is 2.15. The monoisotopic (exact) mass is 375 g/mol. The fourth-order valence-electron chi connectivity index (χ4n) is 3.48. The number of hydrogen-bond donors (Lipinski definition) is 1. The molecule has 0 saturated carbocycles. The number of carbonyl (C=O) groups is 1. The topological polar surface area (TPSA) is 53.4 Å². The maximum atomic E-state index is 12.7. The van der Waals surface area contributed by atoms with Gasteiger partial charge in [-0.15, -0.1) is 0 Å². The minimum absolute atomic E-state index is 0.146. The average Bonchev–Trinajstić information content (AvgIpc) is 3.11. The lowest BCUT2D eigenvalue weighted by Gasteiger charge is -2.34. The SMILES string of the molecule is Cc1c(C(=O)Nc2ccc(N3CCN(C)CC3)cc2)cnn1-c1ccccc1. The maximum Gasteiger partial charge on any atom is 0.259 e. The molecule has 0 spiro atoms. The highest BCUT2D eigenvalue weighted by atomic mass is 16.1. The molecule has 0 unspecified atom stereocenters. The molecule has 6 nitrogen and oxygen atoms in total. The van der Waals surface area contributed by atoms with Gasteiger partial charge in [0.05, 0.1) is 23.1 Å². The smallest absolute Gasteiger partial charge is 0.259 e. The van der Waals surface area contributed by atoms with Gasteiger partial charge in [-0.05, 0) is 50.4 Å². The molecule has 1 N–H and O–H groups in total. The fourth-order valence-corrected chi connectivity index (χ4v) is 3.48. The number of carbonyl (C=O) groups excluding carboxylic acids is 1. The molecular formula is C22H25N5O. The summed E-state index contributed by atoms with van der Waals surface area (Å²) in [5.41, 5.74) is 4.31. The van der Waals surface area contributed by atoms with Gasteiger partial charge >= 0.3 is 0 Å². The molecule has 0 atom stereocenters. The Kier molecular flexibility index (Phi) is 5.12. The lowest BCUT2D eigenvalue weighted by Crippen LogP contribution is -2.44. The van der Waals surface area contributed by atoms with Crippen LogP contribution < -0.4 is 10.2 Å². The molecule has 1 aromatic heterocycles. The molecule has 1 saturated heterocycles. The van der Waals surface area contributed by atoms with E-state index >= 15 is 0 Å². The van der Waals surface area contributed by atoms with Crippen molar-refractivity contribution in [2.45, 2.75) is 6.92 Å². The van der Waals surface area contributed by atoms with Crippen LogP contribution in [0, 0.1) is 6.92 Å². The number of rotatable bonds is 4. The highest BCUT2D eigenvalue weighted by Gasteiger charge is 2.16. The van der Waals surface area contributed by atoms with Gasteiger partial charge in [-0.1, -0.05) is 18.2 Å². The molecule has 144 valence electrons. The predicted octanol–water partition coefficient (Wildman–Crippen LogP) is 3.18. The Hall–Kier alpha value is -3.12. The standard InChI is InChI=1S/C22H25N5O/c1-17-21(16-23-27(17)20-6-4-3-5-7-20)22(28)24-18-8-10-19(11-9-18)26-14-12-25(2)13-15-26/h3-11,16H,12-15H2,1-2H3,(H,24,28). The largest absolute Gasteiger partial charge is 0.369 e. The summed E-state index contributed by atoms with van der Waals surface area (Å²) in [5.74, 6) is -0.146. The molecule has 1 aliphatic heterocycles. The number of hydrogen-bond acceptors (Lipinski definition) is 4. The van der Waals surface area contributed by atoms with Crippen LogP contribution >= 0.6 is 0 Å². The second kappa shape index (κ2) is 7.86. The first-order valence-electron chi connectivity index (χ1n) is 9.57. The predicted molar refractivity (Wildman–Crippen MR) is 112 cm³/mol. The van der Waals surface area contributed by atoms with Crippen molar-refractivity contribution in [1.82, 2.24) is 14.7 Å². The number of aromatic nitrogens is 2. The lowest BCUT2D eigenvalue weighted by molar-refractivity contribution is 0.102. The van der Waals surface area contributed by atoms with Crippen molar-refractivity contribution in [1.29, 1.82) is 0 Å². The number of nitrogens with one attached hydrogen (secondary N) is 1. The van der Waals surface area contributed by atoms with E-state index in [0.29, 0.717) is 5.56 Å². The van der Waals surface area contributed by atoms with E-state index in [1.165, 1.54) is 5.69 Å². The molecule has 1 aliphatic rings. The number of benzene rings is 2. The van der Waals surface area contributed by atoms with Gasteiger partial charge in [-0.25, -0.2) is 4.68 Å². The van der Waals surface area contributed by atoms with E-state index in [1.54, 1.807) is 10.9 Å². The Morgan fingerprint density at radius 1 is 0.929 bits per heavy atom. The van der Waals surface area contributed by atoms with Crippen molar-refractivity contribution in [2.75, 3.05) is 43.4 Å². The Morgan fingerprint density at radius 3 is 2.29 bits per heavy atom. The van der Waals surface area contributed by atoms with Gasteiger partial charge in [0.25, 0.3) is 5.91 Å². The third-order valence-electron chi connectivity index (χ3n) is 5.25. The van der Waals surface area contributed by atoms with E-state index in [4.69, 9.17) is 0 Å². The summed E-state index contributed by atoms with van der Waals surface area (Å²) in [6, 6.07) is 17.9. The quantitative estimate of drug-likeness (QED) is 0.761. The Labute approximate surface area is 165 Å². The second-order valence-corrected chi connectivity index (χ2v) is 7.18. The molecule has 6 heteroatoms. The number of nitrogens with zero attached hydrogens (tertiary/aromatic N) is 4. The number of piperazine rings is 1. The van der Waals surface area contributed by atoms with Gasteiger partial charge in [0.1, 0.15) is 0 Å². The molecule has 1 amide bonds. The number of anilines is 2. The maximum absolute atomic E-state index is 12.7. The van der Waals surface area contributed by atoms with Crippen LogP contribution in [0.1, 0.15) is 16.1 Å². The zero-order valence-electron chi connectivity index (χ0n) is 16.3. The first-order valence-corrected chi connectivity index (χ1v) is 9.57. The summed E-state index contributed by atoms with van der Waals surface area (Å²) in [5, 5.41) is 7.36. The van der Waals surface area contributed by atoms with Crippen molar-refractivity contribution in [3.63, 3.8) is 0 Å². The summed E-state index contributed by atoms with van der Waals surface area (Å²) >= 11 is 0. The summed E-state index contributed by atoms with van der Waals surface area (Å²) in [4.78, 5) is 17.4. The Bertz CT molecular complexity index is 941. The van der Waals surface area contributed by atoms with Gasteiger partial charge in [0.2, 0.25) is 0 Å². The molecule has 2 heterocycles. The van der Waals surface area contributed by atoms with Crippen LogP contribution in [0.15, 0.2) is 60.8 Å². The molecule has 4 rings (SSSR count). The van der Waals surface area contributed by atoms with Crippen molar-refractivity contribution >= 4 is 17.3 Å². The summed E-state index contributed by atoms with van der Waals surface area (Å²) in [6.07, 6.45) is 1.62. The minimum Gasteiger partial charge on any atom is -0.369 e. The highest BCUT2D eigenvalue weighted by Crippen LogP contribution is 2.21. The van der Waals surface area contributed by atoms with Crippen molar-refractivity contribution in [3.8, 4) is 5.69 Å². The molecular weight excluding hydrogens is 350 g/mol. The van der Waals surface area contributed by atoms with Crippen LogP contribution in [0.3, 0.4) is 0 Å². The first kappa shape index (κ1) is 18.3. The third kappa shape index (κ3) is 3.77. The molecule has 0 radical (unpaired) electrons. The van der Waals surface area contributed by atoms with Crippen molar-refractivity contribution < 1.29 is 4.79 Å². The molecule has 0 bridgehead atoms. The third-order valence-corrected chi connectivity index (χ3v) is 5.25. The first-order chi connectivity index (χ1) is 13.6. The van der Waals surface area contributed by atoms with Gasteiger partial charge in [-0.3, -0.25) is 4.79 Å². The minimum atomic E-state index is -0.146. The van der Waals surface area contributed by atoms with E-state index in [2.05, 4.69) is 39.4 Å². The Balaban J connectivity index is 1.45. The zero-order valence-corrected chi connectivity index (χ0v) is 16.3. The number of amides is 1. The van der Waals surface area contributed by atoms with E-state index in [0.717, 1.165) is 43.2 Å².